The first-order chi connectivity index (χ1) is 16.3. The van der Waals surface area contributed by atoms with Gasteiger partial charge in [0, 0.05) is 25.3 Å². The molecule has 1 aromatic carbocycles. The zero-order valence-electron chi connectivity index (χ0n) is 19.2. The van der Waals surface area contributed by atoms with Gasteiger partial charge in [-0.15, -0.1) is 0 Å². The summed E-state index contributed by atoms with van der Waals surface area (Å²) >= 11 is 0. The van der Waals surface area contributed by atoms with Crippen molar-refractivity contribution >= 4 is 17.5 Å². The second-order valence-electron chi connectivity index (χ2n) is 8.77. The van der Waals surface area contributed by atoms with E-state index in [9.17, 15) is 14.4 Å². The molecule has 0 aliphatic heterocycles. The van der Waals surface area contributed by atoms with Crippen LogP contribution in [0.5, 0.6) is 11.6 Å². The topological polar surface area (TPSA) is 134 Å². The Morgan fingerprint density at radius 3 is 2.47 bits per heavy atom. The quantitative estimate of drug-likeness (QED) is 0.549. The van der Waals surface area contributed by atoms with E-state index < -0.39 is 11.6 Å². The van der Waals surface area contributed by atoms with Gasteiger partial charge in [-0.05, 0) is 55.0 Å². The lowest BCUT2D eigenvalue weighted by Crippen LogP contribution is -2.42. The van der Waals surface area contributed by atoms with E-state index in [2.05, 4.69) is 22.2 Å². The Hall–Kier alpha value is -3.95. The molecule has 2 aromatic heterocycles. The first kappa shape index (κ1) is 23.2. The number of carbonyl (C=O) groups excluding carboxylic acids is 1. The average Bonchev–Trinajstić information content (AvgIpc) is 2.83. The second-order valence-corrected chi connectivity index (χ2v) is 8.77. The summed E-state index contributed by atoms with van der Waals surface area (Å²) in [5, 5.41) is 3.10. The van der Waals surface area contributed by atoms with Gasteiger partial charge in [0.15, 0.2) is 0 Å². The Labute approximate surface area is 196 Å². The van der Waals surface area contributed by atoms with Crippen LogP contribution in [0.15, 0.2) is 52.1 Å². The molecule has 0 unspecified atom stereocenters. The molecule has 1 amide bonds. The third-order valence-corrected chi connectivity index (χ3v) is 6.15. The molecule has 0 radical (unpaired) electrons. The van der Waals surface area contributed by atoms with Crippen LogP contribution in [0.25, 0.3) is 0 Å². The third kappa shape index (κ3) is 5.33. The Morgan fingerprint density at radius 1 is 1.09 bits per heavy atom. The molecule has 1 aliphatic carbocycles. The number of rotatable bonds is 7. The van der Waals surface area contributed by atoms with Crippen LogP contribution in [-0.2, 0) is 13.6 Å². The van der Waals surface area contributed by atoms with Crippen LogP contribution >= 0.6 is 0 Å². The maximum absolute atomic E-state index is 12.9. The van der Waals surface area contributed by atoms with Crippen molar-refractivity contribution in [1.29, 1.82) is 0 Å². The first-order valence-corrected chi connectivity index (χ1v) is 11.3. The van der Waals surface area contributed by atoms with Gasteiger partial charge in [-0.25, -0.2) is 19.1 Å². The number of aromatic nitrogens is 4. The normalized spacial score (nSPS) is 17.8. The molecule has 0 bridgehead atoms. The summed E-state index contributed by atoms with van der Waals surface area (Å²) in [5.74, 6) is 1.38. The van der Waals surface area contributed by atoms with E-state index in [1.54, 1.807) is 41.0 Å². The monoisotopic (exact) mass is 464 g/mol. The number of primary amides is 1. The number of anilines is 2. The standard InChI is InChI=1S/C24H28N6O4/c1-15-6-8-16(9-7-15)14-30-22(28-23(32)29(2)24(30)33)26-17-10-12-18(13-11-17)34-20-5-3-4-19(27-20)21(25)31/h3-5,10-13,15-16H,6-9,14H2,1-2H3,(H2,25,31)(H,26,28,32). The highest BCUT2D eigenvalue weighted by molar-refractivity contribution is 5.90. The lowest BCUT2D eigenvalue weighted by Gasteiger charge is -2.27. The Morgan fingerprint density at radius 2 is 1.79 bits per heavy atom. The molecule has 3 N–H and O–H groups in total. The third-order valence-electron chi connectivity index (χ3n) is 6.15. The summed E-state index contributed by atoms with van der Waals surface area (Å²) in [6, 6.07) is 11.6. The number of amides is 1. The highest BCUT2D eigenvalue weighted by Gasteiger charge is 2.21. The Bertz CT molecular complexity index is 1290. The molecule has 2 heterocycles. The fourth-order valence-electron chi connectivity index (χ4n) is 4.07. The molecule has 4 rings (SSSR count). The summed E-state index contributed by atoms with van der Waals surface area (Å²) in [6.07, 6.45) is 4.37. The molecular weight excluding hydrogens is 436 g/mol. The van der Waals surface area contributed by atoms with Crippen molar-refractivity contribution in [2.24, 2.45) is 24.6 Å². The lowest BCUT2D eigenvalue weighted by molar-refractivity contribution is 0.0995. The summed E-state index contributed by atoms with van der Waals surface area (Å²) in [6.45, 7) is 2.76. The molecule has 10 heteroatoms. The van der Waals surface area contributed by atoms with E-state index in [-0.39, 0.29) is 23.2 Å². The fraction of sp³-hybridized carbons (Fsp3) is 0.375. The van der Waals surface area contributed by atoms with Crippen LogP contribution in [0.4, 0.5) is 11.6 Å². The second kappa shape index (κ2) is 9.90. The maximum atomic E-state index is 12.9. The van der Waals surface area contributed by atoms with Crippen molar-refractivity contribution in [3.05, 3.63) is 69.1 Å². The summed E-state index contributed by atoms with van der Waals surface area (Å²) < 4.78 is 8.27. The van der Waals surface area contributed by atoms with Crippen LogP contribution in [-0.4, -0.2) is 25.0 Å². The highest BCUT2D eigenvalue weighted by atomic mass is 16.5. The molecule has 0 atom stereocenters. The summed E-state index contributed by atoms with van der Waals surface area (Å²) in [5.41, 5.74) is 5.01. The van der Waals surface area contributed by atoms with Crippen molar-refractivity contribution in [3.63, 3.8) is 0 Å². The number of hydrogen-bond donors (Lipinski definition) is 2. The number of nitrogens with zero attached hydrogens (tertiary/aromatic N) is 4. The molecule has 1 saturated carbocycles. The fourth-order valence-corrected chi connectivity index (χ4v) is 4.07. The van der Waals surface area contributed by atoms with Gasteiger partial charge in [0.1, 0.15) is 11.4 Å². The lowest BCUT2D eigenvalue weighted by atomic mass is 9.83. The first-order valence-electron chi connectivity index (χ1n) is 11.3. The highest BCUT2D eigenvalue weighted by Crippen LogP contribution is 2.30. The molecule has 34 heavy (non-hydrogen) atoms. The van der Waals surface area contributed by atoms with Crippen molar-refractivity contribution in [2.75, 3.05) is 5.32 Å². The number of ether oxygens (including phenoxy) is 1. The minimum absolute atomic E-state index is 0.109. The van der Waals surface area contributed by atoms with E-state index in [1.807, 2.05) is 0 Å². The van der Waals surface area contributed by atoms with Crippen LogP contribution in [0, 0.1) is 11.8 Å². The number of benzene rings is 1. The predicted molar refractivity (Wildman–Crippen MR) is 127 cm³/mol. The smallest absolute Gasteiger partial charge is 0.354 e. The van der Waals surface area contributed by atoms with E-state index in [0.29, 0.717) is 29.8 Å². The zero-order valence-corrected chi connectivity index (χ0v) is 19.2. The van der Waals surface area contributed by atoms with Gasteiger partial charge in [-0.1, -0.05) is 25.8 Å². The molecule has 0 spiro atoms. The van der Waals surface area contributed by atoms with Gasteiger partial charge >= 0.3 is 11.4 Å². The van der Waals surface area contributed by atoms with Crippen LogP contribution in [0.1, 0.15) is 43.1 Å². The molecule has 1 aliphatic rings. The SMILES string of the molecule is CC1CCC(Cn2c(Nc3ccc(Oc4cccc(C(N)=O)n4)cc3)nc(=O)n(C)c2=O)CC1. The molecular formula is C24H28N6O4. The van der Waals surface area contributed by atoms with Gasteiger partial charge in [0.05, 0.1) is 0 Å². The molecule has 3 aromatic rings. The Kier molecular flexibility index (Phi) is 6.76. The average molecular weight is 465 g/mol. The molecule has 0 saturated heterocycles. The summed E-state index contributed by atoms with van der Waals surface area (Å²) in [4.78, 5) is 44.5. The van der Waals surface area contributed by atoms with E-state index >= 15 is 0 Å². The molecule has 10 nitrogen and oxygen atoms in total. The van der Waals surface area contributed by atoms with Crippen molar-refractivity contribution in [1.82, 2.24) is 19.1 Å². The van der Waals surface area contributed by atoms with E-state index in [1.165, 1.54) is 13.1 Å². The zero-order chi connectivity index (χ0) is 24.2. The van der Waals surface area contributed by atoms with Crippen molar-refractivity contribution in [2.45, 2.75) is 39.2 Å². The van der Waals surface area contributed by atoms with Gasteiger partial charge in [0.2, 0.25) is 11.8 Å². The summed E-state index contributed by atoms with van der Waals surface area (Å²) in [7, 11) is 1.44. The minimum Gasteiger partial charge on any atom is -0.439 e. The van der Waals surface area contributed by atoms with Crippen molar-refractivity contribution in [3.8, 4) is 11.6 Å². The largest absolute Gasteiger partial charge is 0.439 e. The van der Waals surface area contributed by atoms with Crippen molar-refractivity contribution < 1.29 is 9.53 Å². The Balaban J connectivity index is 1.53. The van der Waals surface area contributed by atoms with Gasteiger partial charge in [-0.3, -0.25) is 9.36 Å². The predicted octanol–water partition coefficient (Wildman–Crippen LogP) is 2.80. The van der Waals surface area contributed by atoms with Gasteiger partial charge < -0.3 is 15.8 Å². The molecule has 178 valence electrons. The number of nitrogens with one attached hydrogen (secondary N) is 1. The van der Waals surface area contributed by atoms with E-state index in [4.69, 9.17) is 10.5 Å². The minimum atomic E-state index is -0.639. The number of carbonyl (C=O) groups is 1. The van der Waals surface area contributed by atoms with E-state index in [0.717, 1.165) is 30.3 Å². The molecule has 1 fully saturated rings. The number of pyridine rings is 1. The number of nitrogens with two attached hydrogens (primary N) is 1. The van der Waals surface area contributed by atoms with Gasteiger partial charge in [0.25, 0.3) is 5.91 Å². The van der Waals surface area contributed by atoms with Crippen LogP contribution in [0.2, 0.25) is 0 Å². The number of hydrogen-bond acceptors (Lipinski definition) is 7. The maximum Gasteiger partial charge on any atom is 0.354 e. The van der Waals surface area contributed by atoms with Crippen LogP contribution in [0.3, 0.4) is 0 Å². The van der Waals surface area contributed by atoms with Crippen LogP contribution < -0.4 is 27.2 Å². The van der Waals surface area contributed by atoms with Gasteiger partial charge in [-0.2, -0.15) is 4.98 Å².